The van der Waals surface area contributed by atoms with Crippen molar-refractivity contribution >= 4 is 17.2 Å². The summed E-state index contributed by atoms with van der Waals surface area (Å²) in [5.74, 6) is 1.63. The topological polar surface area (TPSA) is 61.5 Å². The van der Waals surface area contributed by atoms with E-state index in [1.807, 2.05) is 22.7 Å². The van der Waals surface area contributed by atoms with Crippen LogP contribution in [0, 0.1) is 0 Å². The summed E-state index contributed by atoms with van der Waals surface area (Å²) in [6.45, 7) is 1.42. The van der Waals surface area contributed by atoms with E-state index >= 15 is 0 Å². The van der Waals surface area contributed by atoms with Crippen molar-refractivity contribution in [1.29, 1.82) is 0 Å². The lowest BCUT2D eigenvalue weighted by atomic mass is 9.99. The lowest BCUT2D eigenvalue weighted by Gasteiger charge is -2.26. The number of rotatable bonds is 4. The Kier molecular flexibility index (Phi) is 3.43. The Morgan fingerprint density at radius 2 is 2.08 bits per heavy atom. The summed E-state index contributed by atoms with van der Waals surface area (Å²) < 4.78 is 12.6. The Hall–Kier alpha value is -2.18. The zero-order valence-electron chi connectivity index (χ0n) is 13.8. The van der Waals surface area contributed by atoms with Gasteiger partial charge in [-0.05, 0) is 24.5 Å². The van der Waals surface area contributed by atoms with Crippen LogP contribution in [0.2, 0.25) is 5.15 Å². The molecule has 0 atom stereocenters. The Labute approximate surface area is 149 Å². The van der Waals surface area contributed by atoms with Gasteiger partial charge in [0, 0.05) is 17.9 Å². The predicted octanol–water partition coefficient (Wildman–Crippen LogP) is 3.44. The van der Waals surface area contributed by atoms with Crippen molar-refractivity contribution in [3.8, 4) is 17.1 Å². The fourth-order valence-corrected chi connectivity index (χ4v) is 3.51. The molecule has 1 aliphatic carbocycles. The van der Waals surface area contributed by atoms with E-state index in [1.165, 1.54) is 0 Å². The highest BCUT2D eigenvalue weighted by Gasteiger charge is 2.30. The summed E-state index contributed by atoms with van der Waals surface area (Å²) in [7, 11) is 1.67. The van der Waals surface area contributed by atoms with Crippen LogP contribution in [-0.2, 0) is 4.74 Å². The zero-order valence-corrected chi connectivity index (χ0v) is 14.5. The Morgan fingerprint density at radius 3 is 2.72 bits per heavy atom. The maximum atomic E-state index is 6.41. The van der Waals surface area contributed by atoms with Gasteiger partial charge in [0.2, 0.25) is 0 Å². The molecule has 2 aliphatic rings. The smallest absolute Gasteiger partial charge is 0.157 e. The molecule has 0 radical (unpaired) electrons. The number of ether oxygens (including phenoxy) is 2. The maximum absolute atomic E-state index is 6.41. The van der Waals surface area contributed by atoms with Crippen LogP contribution in [0.3, 0.4) is 0 Å². The quantitative estimate of drug-likeness (QED) is 0.670. The van der Waals surface area contributed by atoms with Gasteiger partial charge in [0.05, 0.1) is 32.2 Å². The first-order chi connectivity index (χ1) is 12.2. The highest BCUT2D eigenvalue weighted by Crippen LogP contribution is 2.43. The van der Waals surface area contributed by atoms with Gasteiger partial charge in [0.25, 0.3) is 0 Å². The van der Waals surface area contributed by atoms with Gasteiger partial charge in [-0.25, -0.2) is 14.5 Å². The SMILES string of the molecule is COc1cc2ncc(-c3ccc(C4COC4)c(Cl)n3)n2nc1C1CC1. The molecule has 3 aromatic rings. The minimum atomic E-state index is 0.347. The molecule has 1 aliphatic heterocycles. The van der Waals surface area contributed by atoms with Crippen LogP contribution in [-0.4, -0.2) is 39.9 Å². The molecule has 1 saturated heterocycles. The third kappa shape index (κ3) is 2.48. The number of nitrogens with zero attached hydrogens (tertiary/aromatic N) is 4. The van der Waals surface area contributed by atoms with Gasteiger partial charge in [-0.3, -0.25) is 0 Å². The summed E-state index contributed by atoms with van der Waals surface area (Å²) in [5.41, 5.74) is 4.37. The fraction of sp³-hybridized carbons (Fsp3) is 0.389. The van der Waals surface area contributed by atoms with Crippen molar-refractivity contribution in [2.24, 2.45) is 0 Å². The molecule has 1 saturated carbocycles. The standard InChI is InChI=1S/C18H17ClN4O2/c1-24-15-6-16-20-7-14(23(16)22-17(15)10-2-3-10)13-5-4-12(18(19)21-13)11-8-25-9-11/h4-7,10-11H,2-3,8-9H2,1H3. The number of hydrogen-bond donors (Lipinski definition) is 0. The highest BCUT2D eigenvalue weighted by molar-refractivity contribution is 6.30. The van der Waals surface area contributed by atoms with E-state index in [2.05, 4.69) is 9.97 Å². The Balaban J connectivity index is 1.60. The maximum Gasteiger partial charge on any atom is 0.157 e. The second-order valence-corrected chi connectivity index (χ2v) is 6.95. The van der Waals surface area contributed by atoms with Crippen molar-refractivity contribution in [3.63, 3.8) is 0 Å². The molecule has 0 amide bonds. The monoisotopic (exact) mass is 356 g/mol. The molecule has 6 nitrogen and oxygen atoms in total. The first-order valence-electron chi connectivity index (χ1n) is 8.42. The van der Waals surface area contributed by atoms with Crippen LogP contribution in [0.4, 0.5) is 0 Å². The second-order valence-electron chi connectivity index (χ2n) is 6.60. The minimum absolute atomic E-state index is 0.347. The van der Waals surface area contributed by atoms with Gasteiger partial charge in [0.15, 0.2) is 5.65 Å². The molecular formula is C18H17ClN4O2. The van der Waals surface area contributed by atoms with E-state index in [4.69, 9.17) is 26.2 Å². The Morgan fingerprint density at radius 1 is 1.24 bits per heavy atom. The summed E-state index contributed by atoms with van der Waals surface area (Å²) in [4.78, 5) is 9.04. The molecule has 0 aromatic carbocycles. The minimum Gasteiger partial charge on any atom is -0.495 e. The van der Waals surface area contributed by atoms with Crippen LogP contribution in [0.1, 0.15) is 35.9 Å². The number of aromatic nitrogens is 4. The molecule has 7 heteroatoms. The van der Waals surface area contributed by atoms with Crippen molar-refractivity contribution < 1.29 is 9.47 Å². The summed E-state index contributed by atoms with van der Waals surface area (Å²) in [6.07, 6.45) is 4.09. The largest absolute Gasteiger partial charge is 0.495 e. The first kappa shape index (κ1) is 15.1. The average Bonchev–Trinajstić information content (AvgIpc) is 3.34. The molecule has 128 valence electrons. The molecule has 0 spiro atoms. The van der Waals surface area contributed by atoms with Crippen molar-refractivity contribution in [2.75, 3.05) is 20.3 Å². The van der Waals surface area contributed by atoms with Crippen molar-refractivity contribution in [2.45, 2.75) is 24.7 Å². The first-order valence-corrected chi connectivity index (χ1v) is 8.79. The van der Waals surface area contributed by atoms with Crippen LogP contribution in [0.5, 0.6) is 5.75 Å². The van der Waals surface area contributed by atoms with Crippen LogP contribution < -0.4 is 4.74 Å². The van der Waals surface area contributed by atoms with Crippen LogP contribution in [0.15, 0.2) is 24.4 Å². The van der Waals surface area contributed by atoms with Gasteiger partial charge < -0.3 is 9.47 Å². The second kappa shape index (κ2) is 5.68. The van der Waals surface area contributed by atoms with Gasteiger partial charge in [-0.15, -0.1) is 0 Å². The van der Waals surface area contributed by atoms with E-state index in [0.717, 1.165) is 46.9 Å². The van der Waals surface area contributed by atoms with E-state index in [9.17, 15) is 0 Å². The van der Waals surface area contributed by atoms with Gasteiger partial charge in [0.1, 0.15) is 22.3 Å². The van der Waals surface area contributed by atoms with E-state index in [1.54, 1.807) is 13.3 Å². The fourth-order valence-electron chi connectivity index (χ4n) is 3.20. The molecular weight excluding hydrogens is 340 g/mol. The lowest BCUT2D eigenvalue weighted by Crippen LogP contribution is -2.25. The van der Waals surface area contributed by atoms with E-state index in [0.29, 0.717) is 30.2 Å². The highest BCUT2D eigenvalue weighted by atomic mass is 35.5. The number of methoxy groups -OCH3 is 1. The molecule has 0 N–H and O–H groups in total. The number of hydrogen-bond acceptors (Lipinski definition) is 5. The summed E-state index contributed by atoms with van der Waals surface area (Å²) in [6, 6.07) is 5.94. The molecule has 25 heavy (non-hydrogen) atoms. The van der Waals surface area contributed by atoms with E-state index < -0.39 is 0 Å². The number of fused-ring (bicyclic) bond motifs is 1. The summed E-state index contributed by atoms with van der Waals surface area (Å²) >= 11 is 6.41. The molecule has 0 bridgehead atoms. The molecule has 4 heterocycles. The van der Waals surface area contributed by atoms with Gasteiger partial charge >= 0.3 is 0 Å². The van der Waals surface area contributed by atoms with Crippen LogP contribution in [0.25, 0.3) is 17.0 Å². The number of imidazole rings is 1. The molecule has 3 aromatic heterocycles. The number of halogens is 1. The lowest BCUT2D eigenvalue weighted by molar-refractivity contribution is 0.00834. The molecule has 2 fully saturated rings. The van der Waals surface area contributed by atoms with Crippen molar-refractivity contribution in [3.05, 3.63) is 40.8 Å². The molecule has 0 unspecified atom stereocenters. The zero-order chi connectivity index (χ0) is 17.0. The van der Waals surface area contributed by atoms with Gasteiger partial charge in [-0.2, -0.15) is 5.10 Å². The summed E-state index contributed by atoms with van der Waals surface area (Å²) in [5, 5.41) is 5.31. The van der Waals surface area contributed by atoms with Crippen molar-refractivity contribution in [1.82, 2.24) is 19.6 Å². The molecule has 5 rings (SSSR count). The number of pyridine rings is 1. The van der Waals surface area contributed by atoms with Gasteiger partial charge in [-0.1, -0.05) is 17.7 Å². The average molecular weight is 357 g/mol. The van der Waals surface area contributed by atoms with E-state index in [-0.39, 0.29) is 0 Å². The Bertz CT molecular complexity index is 963. The third-order valence-electron chi connectivity index (χ3n) is 4.89. The predicted molar refractivity (Wildman–Crippen MR) is 93.3 cm³/mol. The van der Waals surface area contributed by atoms with Crippen LogP contribution >= 0.6 is 11.6 Å². The normalized spacial score (nSPS) is 17.7. The third-order valence-corrected chi connectivity index (χ3v) is 5.19.